The summed E-state index contributed by atoms with van der Waals surface area (Å²) in [5, 5.41) is 14.6. The quantitative estimate of drug-likeness (QED) is 0.352. The Balaban J connectivity index is 2.33. The molecular weight excluding hydrogens is 275 g/mol. The van der Waals surface area contributed by atoms with Gasteiger partial charge in [0.15, 0.2) is 0 Å². The van der Waals surface area contributed by atoms with E-state index in [9.17, 15) is 13.2 Å². The fourth-order valence-corrected chi connectivity index (χ4v) is 1.55. The van der Waals surface area contributed by atoms with Gasteiger partial charge in [-0.05, 0) is 0 Å². The average molecular weight is 279 g/mol. The number of hydrogen-bond acceptors (Lipinski definition) is 7. The highest BCUT2D eigenvalue weighted by molar-refractivity contribution is 7.08. The van der Waals surface area contributed by atoms with Gasteiger partial charge in [0.1, 0.15) is 6.33 Å². The number of alkyl halides is 3. The van der Waals surface area contributed by atoms with Crippen molar-refractivity contribution in [2.45, 2.75) is 6.18 Å². The third-order valence-corrected chi connectivity index (χ3v) is 2.40. The van der Waals surface area contributed by atoms with Crippen LogP contribution in [-0.2, 0) is 6.18 Å². The summed E-state index contributed by atoms with van der Waals surface area (Å²) in [4.78, 5) is 6.88. The molecule has 0 saturated carbocycles. The van der Waals surface area contributed by atoms with Crippen LogP contribution in [0.1, 0.15) is 11.6 Å². The van der Waals surface area contributed by atoms with E-state index >= 15 is 0 Å². The van der Waals surface area contributed by atoms with E-state index in [-0.39, 0.29) is 16.8 Å². The van der Waals surface area contributed by atoms with Gasteiger partial charge in [-0.1, -0.05) is 5.16 Å². The number of nitrogens with two attached hydrogens (primary N) is 1. The molecule has 2 rings (SSSR count). The highest BCUT2D eigenvalue weighted by Crippen LogP contribution is 2.28. The van der Waals surface area contributed by atoms with Crippen LogP contribution in [0.4, 0.5) is 13.2 Å². The minimum Gasteiger partial charge on any atom is -0.409 e. The van der Waals surface area contributed by atoms with Gasteiger partial charge in [0, 0.05) is 11.5 Å². The number of nitrogens with zero attached hydrogens (tertiary/aromatic N) is 6. The first-order valence-corrected chi connectivity index (χ1v) is 5.00. The van der Waals surface area contributed by atoms with Gasteiger partial charge in [0.25, 0.3) is 0 Å². The van der Waals surface area contributed by atoms with E-state index in [2.05, 4.69) is 24.6 Å². The Labute approximate surface area is 101 Å². The Morgan fingerprint density at radius 3 is 2.78 bits per heavy atom. The monoisotopic (exact) mass is 279 g/mol. The van der Waals surface area contributed by atoms with Crippen molar-refractivity contribution in [1.82, 2.24) is 24.1 Å². The Morgan fingerprint density at radius 1 is 1.50 bits per heavy atom. The van der Waals surface area contributed by atoms with Crippen molar-refractivity contribution in [3.8, 4) is 5.13 Å². The van der Waals surface area contributed by atoms with Crippen molar-refractivity contribution in [2.24, 2.45) is 10.9 Å². The SMILES string of the molecule is NC(=NO)c1ncn(-c2nc(C(F)(F)F)ns2)n1. The van der Waals surface area contributed by atoms with E-state index in [1.807, 2.05) is 0 Å². The van der Waals surface area contributed by atoms with Gasteiger partial charge in [-0.25, -0.2) is 4.98 Å². The number of amidine groups is 1. The number of aromatic nitrogens is 5. The van der Waals surface area contributed by atoms with E-state index in [1.165, 1.54) is 0 Å². The Hall–Kier alpha value is -2.24. The van der Waals surface area contributed by atoms with Crippen molar-refractivity contribution in [3.63, 3.8) is 0 Å². The molecule has 3 N–H and O–H groups in total. The van der Waals surface area contributed by atoms with Crippen LogP contribution < -0.4 is 5.73 Å². The summed E-state index contributed by atoms with van der Waals surface area (Å²) in [5.74, 6) is -1.76. The lowest BCUT2D eigenvalue weighted by molar-refractivity contribution is -0.144. The molecule has 2 aromatic heterocycles. The highest BCUT2D eigenvalue weighted by atomic mass is 32.1. The molecule has 2 aromatic rings. The zero-order chi connectivity index (χ0) is 13.3. The van der Waals surface area contributed by atoms with Crippen LogP contribution in [0, 0.1) is 0 Å². The van der Waals surface area contributed by atoms with Gasteiger partial charge in [0.2, 0.25) is 22.6 Å². The Bertz CT molecular complexity index is 588. The van der Waals surface area contributed by atoms with Gasteiger partial charge in [-0.3, -0.25) is 0 Å². The molecule has 0 fully saturated rings. The molecule has 0 atom stereocenters. The lowest BCUT2D eigenvalue weighted by Crippen LogP contribution is -2.15. The summed E-state index contributed by atoms with van der Waals surface area (Å²) in [7, 11) is 0. The minimum atomic E-state index is -4.62. The molecule has 0 spiro atoms. The molecule has 0 bridgehead atoms. The predicted octanol–water partition coefficient (Wildman–Crippen LogP) is 0.232. The van der Waals surface area contributed by atoms with Gasteiger partial charge >= 0.3 is 6.18 Å². The molecule has 12 heteroatoms. The van der Waals surface area contributed by atoms with E-state index in [1.54, 1.807) is 0 Å². The molecule has 96 valence electrons. The van der Waals surface area contributed by atoms with Gasteiger partial charge in [0.05, 0.1) is 0 Å². The van der Waals surface area contributed by atoms with Crippen LogP contribution in [0.3, 0.4) is 0 Å². The van der Waals surface area contributed by atoms with Crippen LogP contribution in [0.5, 0.6) is 0 Å². The smallest absolute Gasteiger partial charge is 0.409 e. The molecular formula is C6H4F3N7OS. The van der Waals surface area contributed by atoms with Crippen LogP contribution in [-0.4, -0.2) is 35.2 Å². The van der Waals surface area contributed by atoms with Crippen LogP contribution in [0.2, 0.25) is 0 Å². The molecule has 0 unspecified atom stereocenters. The molecule has 0 amide bonds. The van der Waals surface area contributed by atoms with Crippen molar-refractivity contribution in [1.29, 1.82) is 0 Å². The number of halogens is 3. The molecule has 0 aromatic carbocycles. The summed E-state index contributed by atoms with van der Waals surface area (Å²) in [6.07, 6.45) is -3.54. The zero-order valence-electron chi connectivity index (χ0n) is 8.33. The molecule has 0 saturated heterocycles. The fourth-order valence-electron chi connectivity index (χ4n) is 0.941. The second-order valence-corrected chi connectivity index (χ2v) is 3.63. The first kappa shape index (κ1) is 12.2. The number of hydrogen-bond donors (Lipinski definition) is 2. The van der Waals surface area contributed by atoms with Gasteiger partial charge in [-0.2, -0.15) is 27.2 Å². The zero-order valence-corrected chi connectivity index (χ0v) is 9.14. The van der Waals surface area contributed by atoms with Gasteiger partial charge < -0.3 is 10.9 Å². The molecule has 0 aliphatic heterocycles. The molecule has 18 heavy (non-hydrogen) atoms. The Morgan fingerprint density at radius 2 is 2.22 bits per heavy atom. The first-order chi connectivity index (χ1) is 8.41. The lowest BCUT2D eigenvalue weighted by atomic mass is 10.6. The van der Waals surface area contributed by atoms with Crippen molar-refractivity contribution >= 4 is 17.4 Å². The third-order valence-electron chi connectivity index (χ3n) is 1.69. The molecule has 2 heterocycles. The lowest BCUT2D eigenvalue weighted by Gasteiger charge is -1.97. The van der Waals surface area contributed by atoms with Crippen LogP contribution in [0.25, 0.3) is 5.13 Å². The predicted molar refractivity (Wildman–Crippen MR) is 52.3 cm³/mol. The third kappa shape index (κ3) is 2.22. The second kappa shape index (κ2) is 4.21. The normalized spacial score (nSPS) is 12.9. The summed E-state index contributed by atoms with van der Waals surface area (Å²) >= 11 is 0.498. The average Bonchev–Trinajstić information content (AvgIpc) is 2.94. The molecule has 8 nitrogen and oxygen atoms in total. The summed E-state index contributed by atoms with van der Waals surface area (Å²) < 4.78 is 40.9. The highest BCUT2D eigenvalue weighted by Gasteiger charge is 2.36. The minimum absolute atomic E-state index is 0.133. The summed E-state index contributed by atoms with van der Waals surface area (Å²) in [6, 6.07) is 0. The topological polar surface area (TPSA) is 115 Å². The Kier molecular flexibility index (Phi) is 2.86. The van der Waals surface area contributed by atoms with Gasteiger partial charge in [-0.15, -0.1) is 5.10 Å². The molecule has 0 aliphatic rings. The van der Waals surface area contributed by atoms with Crippen molar-refractivity contribution < 1.29 is 18.4 Å². The van der Waals surface area contributed by atoms with Crippen LogP contribution >= 0.6 is 11.5 Å². The van der Waals surface area contributed by atoms with Crippen molar-refractivity contribution in [2.75, 3.05) is 0 Å². The van der Waals surface area contributed by atoms with Crippen LogP contribution in [0.15, 0.2) is 11.5 Å². The maximum atomic E-state index is 12.3. The van der Waals surface area contributed by atoms with E-state index in [0.29, 0.717) is 11.5 Å². The fraction of sp³-hybridized carbons (Fsp3) is 0.167. The maximum absolute atomic E-state index is 12.3. The standard InChI is InChI=1S/C6H4F3N7OS/c7-6(8,9)4-12-5(18-15-4)16-1-11-3(13-16)2(10)14-17/h1,17H,(H2,10,14). The van der Waals surface area contributed by atoms with Crippen molar-refractivity contribution in [3.05, 3.63) is 18.0 Å². The molecule has 0 radical (unpaired) electrons. The first-order valence-electron chi connectivity index (χ1n) is 4.22. The number of oxime groups is 1. The van der Waals surface area contributed by atoms with E-state index in [0.717, 1.165) is 11.0 Å². The largest absolute Gasteiger partial charge is 0.452 e. The summed E-state index contributed by atoms with van der Waals surface area (Å²) in [6.45, 7) is 0. The van der Waals surface area contributed by atoms with E-state index in [4.69, 9.17) is 10.9 Å². The molecule has 0 aliphatic carbocycles. The maximum Gasteiger partial charge on any atom is 0.452 e. The summed E-state index contributed by atoms with van der Waals surface area (Å²) in [5.41, 5.74) is 5.21. The van der Waals surface area contributed by atoms with E-state index < -0.39 is 12.0 Å². The number of rotatable bonds is 2. The second-order valence-electron chi connectivity index (χ2n) is 2.90.